The van der Waals surface area contributed by atoms with Gasteiger partial charge >= 0.3 is 0 Å². The lowest BCUT2D eigenvalue weighted by Gasteiger charge is -2.08. The molecule has 9 heteroatoms. The number of tetrazole rings is 1. The van der Waals surface area contributed by atoms with Gasteiger partial charge in [0, 0.05) is 12.1 Å². The van der Waals surface area contributed by atoms with Crippen molar-refractivity contribution in [1.29, 1.82) is 0 Å². The molecule has 1 N–H and O–H groups in total. The third-order valence-electron chi connectivity index (χ3n) is 4.30. The van der Waals surface area contributed by atoms with Crippen LogP contribution in [0.15, 0.2) is 48.5 Å². The van der Waals surface area contributed by atoms with Gasteiger partial charge in [0.2, 0.25) is 0 Å². The van der Waals surface area contributed by atoms with Crippen LogP contribution in [0.1, 0.15) is 31.8 Å². The molecule has 0 atom stereocenters. The number of rotatable bonds is 5. The number of halogens is 1. The highest BCUT2D eigenvalue weighted by molar-refractivity contribution is 7.14. The number of carbonyl (C=O) groups excluding carboxylic acids is 1. The number of aromatic nitrogens is 5. The van der Waals surface area contributed by atoms with Crippen LogP contribution in [0.3, 0.4) is 0 Å². The molecule has 0 aliphatic carbocycles. The van der Waals surface area contributed by atoms with E-state index in [4.69, 9.17) is 0 Å². The van der Waals surface area contributed by atoms with Gasteiger partial charge in [-0.2, -0.15) is 4.68 Å². The van der Waals surface area contributed by atoms with Gasteiger partial charge in [0.05, 0.1) is 10.7 Å². The average molecular weight is 408 g/mol. The van der Waals surface area contributed by atoms with Gasteiger partial charge in [0.15, 0.2) is 5.82 Å². The summed E-state index contributed by atoms with van der Waals surface area (Å²) in [6.45, 7) is 3.47. The van der Waals surface area contributed by atoms with Gasteiger partial charge in [-0.3, -0.25) is 4.79 Å². The van der Waals surface area contributed by atoms with Crippen LogP contribution in [0.25, 0.3) is 5.69 Å². The molecule has 2 heterocycles. The highest BCUT2D eigenvalue weighted by Crippen LogP contribution is 2.24. The van der Waals surface area contributed by atoms with Crippen LogP contribution in [-0.2, 0) is 6.42 Å². The minimum atomic E-state index is -0.488. The van der Waals surface area contributed by atoms with Gasteiger partial charge < -0.3 is 5.32 Å². The van der Waals surface area contributed by atoms with Crippen molar-refractivity contribution < 1.29 is 9.18 Å². The number of nitrogens with zero attached hydrogens (tertiary/aromatic N) is 5. The molecule has 0 aliphatic heterocycles. The normalized spacial score (nSPS) is 10.9. The van der Waals surface area contributed by atoms with E-state index in [2.05, 4.69) is 25.8 Å². The summed E-state index contributed by atoms with van der Waals surface area (Å²) in [6.07, 6.45) is 0.666. The van der Waals surface area contributed by atoms with E-state index in [-0.39, 0.29) is 11.6 Å². The topological polar surface area (TPSA) is 85.6 Å². The summed E-state index contributed by atoms with van der Waals surface area (Å²) < 4.78 is 15.5. The molecule has 29 heavy (non-hydrogen) atoms. The molecule has 2 aromatic carbocycles. The zero-order valence-electron chi connectivity index (χ0n) is 15.8. The first-order chi connectivity index (χ1) is 14.0. The van der Waals surface area contributed by atoms with Crippen molar-refractivity contribution in [3.63, 3.8) is 0 Å². The van der Waals surface area contributed by atoms with Crippen molar-refractivity contribution >= 4 is 22.9 Å². The zero-order chi connectivity index (χ0) is 20.4. The Morgan fingerprint density at radius 2 is 1.97 bits per heavy atom. The number of hydrogen-bond donors (Lipinski definition) is 1. The summed E-state index contributed by atoms with van der Waals surface area (Å²) in [5, 5.41) is 14.7. The molecule has 7 nitrogen and oxygen atoms in total. The number of amides is 1. The maximum absolute atomic E-state index is 14.2. The van der Waals surface area contributed by atoms with Crippen LogP contribution in [0.2, 0.25) is 0 Å². The maximum Gasteiger partial charge on any atom is 0.267 e. The van der Waals surface area contributed by atoms with Crippen LogP contribution < -0.4 is 5.32 Å². The predicted molar refractivity (Wildman–Crippen MR) is 108 cm³/mol. The smallest absolute Gasteiger partial charge is 0.267 e. The van der Waals surface area contributed by atoms with Crippen LogP contribution in [0, 0.1) is 19.7 Å². The zero-order valence-corrected chi connectivity index (χ0v) is 16.6. The highest BCUT2D eigenvalue weighted by Gasteiger charge is 2.17. The Bertz CT molecular complexity index is 1170. The largest absolute Gasteiger partial charge is 0.321 e. The highest BCUT2D eigenvalue weighted by atomic mass is 32.1. The van der Waals surface area contributed by atoms with Crippen LogP contribution in [0.5, 0.6) is 0 Å². The third-order valence-corrected chi connectivity index (χ3v) is 5.46. The number of hydrogen-bond acceptors (Lipinski definition) is 6. The number of thiazole rings is 1. The average Bonchev–Trinajstić information content (AvgIpc) is 3.29. The van der Waals surface area contributed by atoms with Crippen molar-refractivity contribution in [3.8, 4) is 5.69 Å². The fraction of sp³-hybridized carbons (Fsp3) is 0.150. The molecule has 0 bridgehead atoms. The Hall–Kier alpha value is -3.46. The number of carbonyl (C=O) groups is 1. The molecule has 4 aromatic rings. The minimum absolute atomic E-state index is 0.163. The van der Waals surface area contributed by atoms with Gasteiger partial charge in [-0.15, -0.1) is 16.4 Å². The van der Waals surface area contributed by atoms with E-state index >= 15 is 0 Å². The summed E-state index contributed by atoms with van der Waals surface area (Å²) >= 11 is 1.35. The summed E-state index contributed by atoms with van der Waals surface area (Å²) in [5.41, 5.74) is 2.40. The Kier molecular flexibility index (Phi) is 5.13. The molecular formula is C20H17FN6OS. The number of anilines is 1. The second-order valence-corrected chi connectivity index (χ2v) is 7.53. The first kappa shape index (κ1) is 18.9. The second-order valence-electron chi connectivity index (χ2n) is 6.44. The monoisotopic (exact) mass is 408 g/mol. The Morgan fingerprint density at radius 1 is 1.17 bits per heavy atom. The van der Waals surface area contributed by atoms with Crippen molar-refractivity contribution in [2.75, 3.05) is 5.32 Å². The fourth-order valence-corrected chi connectivity index (χ4v) is 3.90. The number of benzene rings is 2. The quantitative estimate of drug-likeness (QED) is 0.544. The summed E-state index contributed by atoms with van der Waals surface area (Å²) in [7, 11) is 0. The first-order valence-corrected chi connectivity index (χ1v) is 9.69. The van der Waals surface area contributed by atoms with E-state index in [0.29, 0.717) is 28.5 Å². The Morgan fingerprint density at radius 3 is 2.69 bits per heavy atom. The summed E-state index contributed by atoms with van der Waals surface area (Å²) in [6, 6.07) is 14.2. The lowest BCUT2D eigenvalue weighted by Crippen LogP contribution is -2.12. The first-order valence-electron chi connectivity index (χ1n) is 8.88. The molecule has 146 valence electrons. The van der Waals surface area contributed by atoms with Gasteiger partial charge in [-0.1, -0.05) is 30.3 Å². The van der Waals surface area contributed by atoms with Crippen molar-refractivity contribution in [2.45, 2.75) is 20.3 Å². The number of nitrogens with one attached hydrogen (secondary N) is 1. The predicted octanol–water partition coefficient (Wildman–Crippen LogP) is 3.72. The van der Waals surface area contributed by atoms with Gasteiger partial charge in [0.25, 0.3) is 5.91 Å². The van der Waals surface area contributed by atoms with Crippen LogP contribution in [-0.4, -0.2) is 31.1 Å². The molecule has 0 unspecified atom stereocenters. The fourth-order valence-electron chi connectivity index (χ4n) is 2.90. The van der Waals surface area contributed by atoms with E-state index in [0.717, 1.165) is 10.6 Å². The molecular weight excluding hydrogens is 391 g/mol. The van der Waals surface area contributed by atoms with E-state index in [1.54, 1.807) is 13.8 Å². The Labute approximate surface area is 170 Å². The molecule has 0 aliphatic rings. The molecule has 2 aromatic heterocycles. The van der Waals surface area contributed by atoms with Gasteiger partial charge in [0.1, 0.15) is 16.4 Å². The van der Waals surface area contributed by atoms with Crippen LogP contribution >= 0.6 is 11.3 Å². The maximum atomic E-state index is 14.2. The molecule has 0 saturated heterocycles. The van der Waals surface area contributed by atoms with E-state index in [9.17, 15) is 9.18 Å². The molecule has 0 spiro atoms. The Balaban J connectivity index is 1.55. The van der Waals surface area contributed by atoms with Gasteiger partial charge in [-0.25, -0.2) is 9.37 Å². The second kappa shape index (κ2) is 7.88. The SMILES string of the molecule is Cc1nc(Cc2ccccc2)sc1C(=O)Nc1ccc(F)c(-n2nnnc2C)c1. The van der Waals surface area contributed by atoms with Crippen molar-refractivity contribution in [3.05, 3.63) is 81.3 Å². The molecule has 0 fully saturated rings. The van der Waals surface area contributed by atoms with Gasteiger partial charge in [-0.05, 0) is 48.0 Å². The minimum Gasteiger partial charge on any atom is -0.321 e. The molecule has 1 amide bonds. The lowest BCUT2D eigenvalue weighted by atomic mass is 10.2. The van der Waals surface area contributed by atoms with E-state index in [1.165, 1.54) is 34.2 Å². The van der Waals surface area contributed by atoms with E-state index < -0.39 is 5.82 Å². The summed E-state index contributed by atoms with van der Waals surface area (Å²) in [5.74, 6) is -0.334. The molecule has 4 rings (SSSR count). The molecule has 0 saturated carbocycles. The van der Waals surface area contributed by atoms with Crippen molar-refractivity contribution in [2.24, 2.45) is 0 Å². The summed E-state index contributed by atoms with van der Waals surface area (Å²) in [4.78, 5) is 17.8. The van der Waals surface area contributed by atoms with Crippen molar-refractivity contribution in [1.82, 2.24) is 25.2 Å². The third kappa shape index (κ3) is 4.04. The lowest BCUT2D eigenvalue weighted by molar-refractivity contribution is 0.103. The standard InChI is InChI=1S/C20H17FN6OS/c1-12-19(29-18(22-12)10-14-6-4-3-5-7-14)20(28)23-15-8-9-16(21)17(11-15)27-13(2)24-25-26-27/h3-9,11H,10H2,1-2H3,(H,23,28). The molecule has 0 radical (unpaired) electrons. The van der Waals surface area contributed by atoms with E-state index in [1.807, 2.05) is 30.3 Å². The number of aryl methyl sites for hydroxylation is 2. The van der Waals surface area contributed by atoms with Crippen LogP contribution in [0.4, 0.5) is 10.1 Å².